The SMILES string of the molecule is CCOc1ccc2[nH]cc(-c3cc(N)n[nH]3)c2c1. The van der Waals surface area contributed by atoms with E-state index in [-0.39, 0.29) is 0 Å². The van der Waals surface area contributed by atoms with Crippen LogP contribution in [0, 0.1) is 0 Å². The van der Waals surface area contributed by atoms with Crippen LogP contribution in [-0.4, -0.2) is 21.8 Å². The van der Waals surface area contributed by atoms with Crippen LogP contribution < -0.4 is 10.5 Å². The molecule has 5 nitrogen and oxygen atoms in total. The Hall–Kier alpha value is -2.43. The van der Waals surface area contributed by atoms with E-state index < -0.39 is 0 Å². The van der Waals surface area contributed by atoms with Gasteiger partial charge in [0.1, 0.15) is 11.6 Å². The van der Waals surface area contributed by atoms with Crippen LogP contribution in [0.3, 0.4) is 0 Å². The second kappa shape index (κ2) is 4.10. The number of nitrogens with one attached hydrogen (secondary N) is 2. The number of anilines is 1. The smallest absolute Gasteiger partial charge is 0.145 e. The van der Waals surface area contributed by atoms with Gasteiger partial charge in [0, 0.05) is 28.7 Å². The fourth-order valence-corrected chi connectivity index (χ4v) is 2.05. The van der Waals surface area contributed by atoms with Crippen molar-refractivity contribution in [1.29, 1.82) is 0 Å². The van der Waals surface area contributed by atoms with Crippen molar-refractivity contribution in [3.05, 3.63) is 30.5 Å². The Balaban J connectivity index is 2.14. The zero-order chi connectivity index (χ0) is 12.5. The van der Waals surface area contributed by atoms with Crippen molar-refractivity contribution in [2.24, 2.45) is 0 Å². The molecular formula is C13H14N4O. The molecule has 2 aromatic heterocycles. The molecule has 0 fully saturated rings. The molecule has 0 radical (unpaired) electrons. The molecule has 0 amide bonds. The number of fused-ring (bicyclic) bond motifs is 1. The number of hydrogen-bond donors (Lipinski definition) is 3. The summed E-state index contributed by atoms with van der Waals surface area (Å²) in [5.74, 6) is 1.35. The van der Waals surface area contributed by atoms with Crippen molar-refractivity contribution in [2.45, 2.75) is 6.92 Å². The number of H-pyrrole nitrogens is 2. The minimum Gasteiger partial charge on any atom is -0.494 e. The molecule has 0 unspecified atom stereocenters. The molecule has 92 valence electrons. The van der Waals surface area contributed by atoms with Gasteiger partial charge in [0.05, 0.1) is 12.3 Å². The lowest BCUT2D eigenvalue weighted by Crippen LogP contribution is -1.90. The van der Waals surface area contributed by atoms with Gasteiger partial charge >= 0.3 is 0 Å². The maximum atomic E-state index is 5.63. The average molecular weight is 242 g/mol. The number of nitrogens with zero attached hydrogens (tertiary/aromatic N) is 1. The second-order valence-corrected chi connectivity index (χ2v) is 4.05. The van der Waals surface area contributed by atoms with Gasteiger partial charge in [0.2, 0.25) is 0 Å². The average Bonchev–Trinajstić information content (AvgIpc) is 2.95. The Labute approximate surface area is 104 Å². The molecule has 5 heteroatoms. The Morgan fingerprint density at radius 1 is 1.33 bits per heavy atom. The number of nitrogen functional groups attached to an aromatic ring is 1. The van der Waals surface area contributed by atoms with Crippen LogP contribution in [-0.2, 0) is 0 Å². The van der Waals surface area contributed by atoms with E-state index in [9.17, 15) is 0 Å². The standard InChI is InChI=1S/C13H14N4O/c1-2-18-8-3-4-11-9(5-8)10(7-15-11)12-6-13(14)17-16-12/h3-7,15H,2H2,1H3,(H3,14,16,17). The lowest BCUT2D eigenvalue weighted by atomic mass is 10.1. The molecule has 18 heavy (non-hydrogen) atoms. The Kier molecular flexibility index (Phi) is 2.44. The minimum atomic E-state index is 0.486. The quantitative estimate of drug-likeness (QED) is 0.660. The normalized spacial score (nSPS) is 10.9. The van der Waals surface area contributed by atoms with Gasteiger partial charge in [-0.2, -0.15) is 5.10 Å². The first-order chi connectivity index (χ1) is 8.78. The first-order valence-corrected chi connectivity index (χ1v) is 5.83. The summed E-state index contributed by atoms with van der Waals surface area (Å²) >= 11 is 0. The Morgan fingerprint density at radius 3 is 2.94 bits per heavy atom. The third-order valence-corrected chi connectivity index (χ3v) is 2.85. The highest BCUT2D eigenvalue weighted by molar-refractivity contribution is 5.95. The lowest BCUT2D eigenvalue weighted by molar-refractivity contribution is 0.341. The highest BCUT2D eigenvalue weighted by atomic mass is 16.5. The van der Waals surface area contributed by atoms with Crippen molar-refractivity contribution in [2.75, 3.05) is 12.3 Å². The third-order valence-electron chi connectivity index (χ3n) is 2.85. The zero-order valence-electron chi connectivity index (χ0n) is 10.0. The van der Waals surface area contributed by atoms with Gasteiger partial charge < -0.3 is 15.5 Å². The Bertz CT molecular complexity index is 683. The number of nitrogens with two attached hydrogens (primary N) is 1. The molecule has 0 aliphatic carbocycles. The third kappa shape index (κ3) is 1.69. The van der Waals surface area contributed by atoms with Crippen molar-refractivity contribution in [3.63, 3.8) is 0 Å². The summed E-state index contributed by atoms with van der Waals surface area (Å²) in [7, 11) is 0. The summed E-state index contributed by atoms with van der Waals surface area (Å²) in [5.41, 5.74) is 8.62. The molecular weight excluding hydrogens is 228 g/mol. The van der Waals surface area contributed by atoms with Gasteiger partial charge in [-0.1, -0.05) is 0 Å². The fourth-order valence-electron chi connectivity index (χ4n) is 2.05. The number of ether oxygens (including phenoxy) is 1. The maximum Gasteiger partial charge on any atom is 0.145 e. The molecule has 0 spiro atoms. The van der Waals surface area contributed by atoms with Gasteiger partial charge in [0.25, 0.3) is 0 Å². The van der Waals surface area contributed by atoms with E-state index in [0.29, 0.717) is 12.4 Å². The molecule has 1 aromatic carbocycles. The summed E-state index contributed by atoms with van der Waals surface area (Å²) < 4.78 is 5.52. The van der Waals surface area contributed by atoms with Crippen LogP contribution in [0.5, 0.6) is 5.75 Å². The first-order valence-electron chi connectivity index (χ1n) is 5.83. The van der Waals surface area contributed by atoms with Crippen molar-refractivity contribution in [3.8, 4) is 17.0 Å². The molecule has 0 atom stereocenters. The lowest BCUT2D eigenvalue weighted by Gasteiger charge is -2.03. The highest BCUT2D eigenvalue weighted by Gasteiger charge is 2.09. The molecule has 0 saturated heterocycles. The van der Waals surface area contributed by atoms with E-state index in [4.69, 9.17) is 10.5 Å². The number of rotatable bonds is 3. The van der Waals surface area contributed by atoms with Crippen LogP contribution >= 0.6 is 0 Å². The highest BCUT2D eigenvalue weighted by Crippen LogP contribution is 2.30. The molecule has 4 N–H and O–H groups in total. The first kappa shape index (κ1) is 10.7. The summed E-state index contributed by atoms with van der Waals surface area (Å²) in [6.07, 6.45) is 1.94. The molecule has 0 bridgehead atoms. The number of aromatic amines is 2. The predicted octanol–water partition coefficient (Wildman–Crippen LogP) is 2.54. The zero-order valence-corrected chi connectivity index (χ0v) is 10.0. The maximum absolute atomic E-state index is 5.63. The summed E-state index contributed by atoms with van der Waals surface area (Å²) in [6.45, 7) is 2.63. The molecule has 0 saturated carbocycles. The van der Waals surface area contributed by atoms with Gasteiger partial charge in [-0.15, -0.1) is 0 Å². The summed E-state index contributed by atoms with van der Waals surface area (Å²) in [4.78, 5) is 3.22. The molecule has 0 aliphatic heterocycles. The molecule has 2 heterocycles. The summed E-state index contributed by atoms with van der Waals surface area (Å²) in [5, 5.41) is 7.95. The predicted molar refractivity (Wildman–Crippen MR) is 71.5 cm³/mol. The van der Waals surface area contributed by atoms with Crippen LogP contribution in [0.25, 0.3) is 22.2 Å². The van der Waals surface area contributed by atoms with E-state index in [0.717, 1.165) is 27.9 Å². The van der Waals surface area contributed by atoms with E-state index in [1.54, 1.807) is 0 Å². The minimum absolute atomic E-state index is 0.486. The van der Waals surface area contributed by atoms with E-state index in [2.05, 4.69) is 15.2 Å². The topological polar surface area (TPSA) is 79.7 Å². The van der Waals surface area contributed by atoms with E-state index in [1.165, 1.54) is 0 Å². The van der Waals surface area contributed by atoms with Crippen LogP contribution in [0.15, 0.2) is 30.5 Å². The molecule has 3 aromatic rings. The van der Waals surface area contributed by atoms with E-state index in [1.807, 2.05) is 37.4 Å². The molecule has 3 rings (SSSR count). The van der Waals surface area contributed by atoms with Crippen LogP contribution in [0.2, 0.25) is 0 Å². The number of hydrogen-bond acceptors (Lipinski definition) is 3. The van der Waals surface area contributed by atoms with Gasteiger partial charge in [-0.05, 0) is 25.1 Å². The van der Waals surface area contributed by atoms with Gasteiger partial charge in [0.15, 0.2) is 0 Å². The Morgan fingerprint density at radius 2 is 2.22 bits per heavy atom. The van der Waals surface area contributed by atoms with Crippen molar-refractivity contribution >= 4 is 16.7 Å². The largest absolute Gasteiger partial charge is 0.494 e. The second-order valence-electron chi connectivity index (χ2n) is 4.05. The van der Waals surface area contributed by atoms with E-state index >= 15 is 0 Å². The van der Waals surface area contributed by atoms with Crippen LogP contribution in [0.4, 0.5) is 5.82 Å². The van der Waals surface area contributed by atoms with Crippen molar-refractivity contribution < 1.29 is 4.74 Å². The summed E-state index contributed by atoms with van der Waals surface area (Å²) in [6, 6.07) is 7.79. The number of benzene rings is 1. The number of aromatic nitrogens is 3. The van der Waals surface area contributed by atoms with Gasteiger partial charge in [-0.25, -0.2) is 0 Å². The van der Waals surface area contributed by atoms with Crippen molar-refractivity contribution in [1.82, 2.24) is 15.2 Å². The molecule has 0 aliphatic rings. The fraction of sp³-hybridized carbons (Fsp3) is 0.154. The van der Waals surface area contributed by atoms with Gasteiger partial charge in [-0.3, -0.25) is 5.10 Å². The monoisotopic (exact) mass is 242 g/mol. The van der Waals surface area contributed by atoms with Crippen LogP contribution in [0.1, 0.15) is 6.92 Å².